The van der Waals surface area contributed by atoms with E-state index >= 15 is 0 Å². The zero-order valence-electron chi connectivity index (χ0n) is 6.07. The van der Waals surface area contributed by atoms with Crippen molar-refractivity contribution < 1.29 is 14.6 Å². The van der Waals surface area contributed by atoms with Crippen LogP contribution in [0.1, 0.15) is 0 Å². The van der Waals surface area contributed by atoms with Crippen molar-refractivity contribution in [2.45, 2.75) is 0 Å². The Morgan fingerprint density at radius 1 is 1.31 bits per heavy atom. The highest BCUT2D eigenvalue weighted by atomic mass is 35.5. The number of ether oxygens (including phenoxy) is 1. The molecule has 0 aliphatic rings. The number of rotatable bonds is 3. The summed E-state index contributed by atoms with van der Waals surface area (Å²) < 4.78 is 4.60. The molecule has 0 saturated heterocycles. The summed E-state index contributed by atoms with van der Waals surface area (Å²) in [6, 6.07) is -0.215. The summed E-state index contributed by atoms with van der Waals surface area (Å²) in [5.74, 6) is -1.15. The minimum absolute atomic E-state index is 0.152. The van der Waals surface area contributed by atoms with Gasteiger partial charge >= 0.3 is 12.0 Å². The van der Waals surface area contributed by atoms with Gasteiger partial charge in [-0.2, -0.15) is 15.0 Å². The van der Waals surface area contributed by atoms with E-state index in [1.54, 1.807) is 0 Å². The summed E-state index contributed by atoms with van der Waals surface area (Å²) in [6.07, 6.45) is 0. The number of hydrogen-bond acceptors (Lipinski definition) is 5. The molecule has 1 heterocycles. The largest absolute Gasteiger partial charge is 0.479 e. The van der Waals surface area contributed by atoms with Gasteiger partial charge in [0.25, 0.3) is 0 Å². The van der Waals surface area contributed by atoms with Gasteiger partial charge in [-0.25, -0.2) is 4.79 Å². The smallest absolute Gasteiger partial charge is 0.341 e. The molecule has 0 atom stereocenters. The number of carbonyl (C=O) groups is 1. The third-order valence-corrected chi connectivity index (χ3v) is 1.22. The molecule has 6 nitrogen and oxygen atoms in total. The fourth-order valence-electron chi connectivity index (χ4n) is 0.500. The average Bonchev–Trinajstić information content (AvgIpc) is 1.99. The van der Waals surface area contributed by atoms with Crippen LogP contribution in [0, 0.1) is 0 Å². The Morgan fingerprint density at radius 3 is 2.31 bits per heavy atom. The van der Waals surface area contributed by atoms with Crippen LogP contribution in [0.25, 0.3) is 0 Å². The first-order chi connectivity index (χ1) is 6.08. The molecule has 70 valence electrons. The normalized spacial score (nSPS) is 9.69. The molecule has 0 saturated carbocycles. The molecule has 0 aliphatic carbocycles. The minimum atomic E-state index is -1.15. The van der Waals surface area contributed by atoms with Crippen LogP contribution in [0.5, 0.6) is 6.01 Å². The summed E-state index contributed by atoms with van der Waals surface area (Å²) in [7, 11) is 0. The van der Waals surface area contributed by atoms with E-state index in [4.69, 9.17) is 28.3 Å². The van der Waals surface area contributed by atoms with Crippen molar-refractivity contribution in [3.05, 3.63) is 10.6 Å². The second kappa shape index (κ2) is 4.20. The SMILES string of the molecule is O=C(O)COc1nc(Cl)nc(Cl)n1. The number of nitrogens with zero attached hydrogens (tertiary/aromatic N) is 3. The first-order valence-electron chi connectivity index (χ1n) is 2.99. The predicted molar refractivity (Wildman–Crippen MR) is 43.0 cm³/mol. The predicted octanol–water partition coefficient (Wildman–Crippen LogP) is 0.642. The number of halogens is 2. The molecule has 1 N–H and O–H groups in total. The van der Waals surface area contributed by atoms with E-state index in [1.165, 1.54) is 0 Å². The molecule has 0 fully saturated rings. The van der Waals surface area contributed by atoms with Gasteiger partial charge in [0.05, 0.1) is 0 Å². The van der Waals surface area contributed by atoms with Crippen molar-refractivity contribution in [2.24, 2.45) is 0 Å². The first-order valence-corrected chi connectivity index (χ1v) is 3.75. The van der Waals surface area contributed by atoms with Crippen LogP contribution in [0.15, 0.2) is 0 Å². The molecular formula is C5H3Cl2N3O3. The Morgan fingerprint density at radius 2 is 1.85 bits per heavy atom. The maximum Gasteiger partial charge on any atom is 0.341 e. The van der Waals surface area contributed by atoms with E-state index in [-0.39, 0.29) is 16.6 Å². The maximum absolute atomic E-state index is 10.1. The molecule has 0 spiro atoms. The molecule has 0 unspecified atom stereocenters. The van der Waals surface area contributed by atoms with Crippen LogP contribution in [-0.2, 0) is 4.79 Å². The second-order valence-corrected chi connectivity index (χ2v) is 2.51. The third-order valence-electron chi connectivity index (χ3n) is 0.885. The van der Waals surface area contributed by atoms with Crippen molar-refractivity contribution in [1.29, 1.82) is 0 Å². The van der Waals surface area contributed by atoms with Crippen molar-refractivity contribution in [2.75, 3.05) is 6.61 Å². The lowest BCUT2D eigenvalue weighted by atomic mass is 10.7. The molecule has 1 rings (SSSR count). The van der Waals surface area contributed by atoms with Crippen LogP contribution < -0.4 is 4.74 Å². The lowest BCUT2D eigenvalue weighted by molar-refractivity contribution is -0.139. The van der Waals surface area contributed by atoms with Crippen LogP contribution in [0.3, 0.4) is 0 Å². The highest BCUT2D eigenvalue weighted by Crippen LogP contribution is 2.10. The van der Waals surface area contributed by atoms with E-state index < -0.39 is 12.6 Å². The summed E-state index contributed by atoms with van der Waals surface area (Å²) in [5.41, 5.74) is 0. The second-order valence-electron chi connectivity index (χ2n) is 1.84. The van der Waals surface area contributed by atoms with E-state index in [2.05, 4.69) is 19.7 Å². The summed E-state index contributed by atoms with van der Waals surface area (Å²) in [4.78, 5) is 20.5. The summed E-state index contributed by atoms with van der Waals surface area (Å²) in [6.45, 7) is -0.559. The number of carboxylic acids is 1. The van der Waals surface area contributed by atoms with Gasteiger partial charge in [0.1, 0.15) is 0 Å². The monoisotopic (exact) mass is 223 g/mol. The molecule has 0 aliphatic heterocycles. The van der Waals surface area contributed by atoms with Crippen LogP contribution in [-0.4, -0.2) is 32.6 Å². The topological polar surface area (TPSA) is 85.2 Å². The van der Waals surface area contributed by atoms with E-state index in [0.717, 1.165) is 0 Å². The van der Waals surface area contributed by atoms with Crippen molar-refractivity contribution in [1.82, 2.24) is 15.0 Å². The lowest BCUT2D eigenvalue weighted by Gasteiger charge is -1.99. The average molecular weight is 224 g/mol. The zero-order chi connectivity index (χ0) is 9.84. The molecule has 1 aromatic rings. The first kappa shape index (κ1) is 9.94. The Bertz CT molecular complexity index is 313. The fourth-order valence-corrected chi connectivity index (χ4v) is 0.848. The Balaban J connectivity index is 2.71. The molecule has 0 amide bonds. The van der Waals surface area contributed by atoms with Gasteiger partial charge in [-0.05, 0) is 23.2 Å². The number of hydrogen-bond donors (Lipinski definition) is 1. The highest BCUT2D eigenvalue weighted by molar-refractivity contribution is 6.31. The summed E-state index contributed by atoms with van der Waals surface area (Å²) >= 11 is 10.8. The van der Waals surface area contributed by atoms with Gasteiger partial charge in [-0.15, -0.1) is 0 Å². The number of carboxylic acid groups (broad SMARTS) is 1. The minimum Gasteiger partial charge on any atom is -0.479 e. The highest BCUT2D eigenvalue weighted by Gasteiger charge is 2.05. The van der Waals surface area contributed by atoms with Crippen LogP contribution in [0.2, 0.25) is 10.6 Å². The van der Waals surface area contributed by atoms with Gasteiger partial charge in [0.15, 0.2) is 6.61 Å². The van der Waals surface area contributed by atoms with Crippen LogP contribution in [0.4, 0.5) is 0 Å². The van der Waals surface area contributed by atoms with E-state index in [9.17, 15) is 4.79 Å². The Labute approximate surface area is 82.5 Å². The van der Waals surface area contributed by atoms with Gasteiger partial charge in [-0.1, -0.05) is 0 Å². The molecule has 8 heteroatoms. The van der Waals surface area contributed by atoms with Gasteiger partial charge in [0, 0.05) is 0 Å². The zero-order valence-corrected chi connectivity index (χ0v) is 7.58. The Kier molecular flexibility index (Phi) is 3.21. The number of aliphatic carboxylic acids is 1. The van der Waals surface area contributed by atoms with Gasteiger partial charge in [0.2, 0.25) is 10.6 Å². The van der Waals surface area contributed by atoms with Gasteiger partial charge < -0.3 is 9.84 Å². The molecule has 13 heavy (non-hydrogen) atoms. The van der Waals surface area contributed by atoms with Crippen molar-refractivity contribution in [3.63, 3.8) is 0 Å². The number of aromatic nitrogens is 3. The molecular weight excluding hydrogens is 221 g/mol. The lowest BCUT2D eigenvalue weighted by Crippen LogP contribution is -2.11. The standard InChI is InChI=1S/C5H3Cl2N3O3/c6-3-8-4(7)10-5(9-3)13-1-2(11)12/h1H2,(H,11,12). The fraction of sp³-hybridized carbons (Fsp3) is 0.200. The molecule has 0 aromatic carbocycles. The summed E-state index contributed by atoms with van der Waals surface area (Å²) in [5, 5.41) is 7.95. The molecule has 1 aromatic heterocycles. The van der Waals surface area contributed by atoms with Crippen molar-refractivity contribution in [3.8, 4) is 6.01 Å². The van der Waals surface area contributed by atoms with Gasteiger partial charge in [-0.3, -0.25) is 0 Å². The van der Waals surface area contributed by atoms with E-state index in [1.807, 2.05) is 0 Å². The van der Waals surface area contributed by atoms with Crippen LogP contribution >= 0.6 is 23.2 Å². The maximum atomic E-state index is 10.1. The third kappa shape index (κ3) is 3.39. The Hall–Kier alpha value is -1.14. The van der Waals surface area contributed by atoms with E-state index in [0.29, 0.717) is 0 Å². The van der Waals surface area contributed by atoms with Crippen molar-refractivity contribution >= 4 is 29.2 Å². The molecule has 0 radical (unpaired) electrons. The molecule has 0 bridgehead atoms. The quantitative estimate of drug-likeness (QED) is 0.810.